The van der Waals surface area contributed by atoms with Gasteiger partial charge in [-0.15, -0.1) is 0 Å². The molecule has 0 aliphatic carbocycles. The summed E-state index contributed by atoms with van der Waals surface area (Å²) in [6.45, 7) is 5.12. The van der Waals surface area contributed by atoms with Crippen LogP contribution in [-0.2, 0) is 20.4 Å². The number of carbonyl (C=O) groups excluding carboxylic acids is 1. The van der Waals surface area contributed by atoms with E-state index in [1.54, 1.807) is 18.2 Å². The Morgan fingerprint density at radius 2 is 2.10 bits per heavy atom. The number of likely N-dealkylation sites (N-methyl/N-ethyl adjacent to an activating group) is 1. The van der Waals surface area contributed by atoms with Gasteiger partial charge in [0.05, 0.1) is 5.75 Å². The molecule has 0 aromatic heterocycles. The second kappa shape index (κ2) is 8.51. The maximum Gasteiger partial charge on any atom is 0.235 e. The lowest BCUT2D eigenvalue weighted by atomic mass is 10.2. The van der Waals surface area contributed by atoms with E-state index in [0.717, 1.165) is 11.0 Å². The normalized spacial score (nSPS) is 12.9. The maximum atomic E-state index is 12.0. The predicted octanol–water partition coefficient (Wildman–Crippen LogP) is 1.48. The number of carbonyl (C=O) groups is 1. The summed E-state index contributed by atoms with van der Waals surface area (Å²) < 4.78 is 24.8. The third-order valence-corrected chi connectivity index (χ3v) is 4.75. The second-order valence-electron chi connectivity index (χ2n) is 4.92. The number of hydrogen-bond donors (Lipinski definition) is 2. The summed E-state index contributed by atoms with van der Waals surface area (Å²) in [6.07, 6.45) is 0. The molecule has 0 heterocycles. The summed E-state index contributed by atoms with van der Waals surface area (Å²) in [4.78, 5) is 11.7. The standard InChI is InChI=1S/C14H21BrN2O3S/c1-3-16-11(2)8-17-14(18)10-21(19,20)9-12-5-4-6-13(15)7-12/h4-7,11,16H,3,8-10H2,1-2H3,(H,17,18)/t11-/m1/s1. The molecule has 0 aliphatic rings. The fraction of sp³-hybridized carbons (Fsp3) is 0.500. The third kappa shape index (κ3) is 7.59. The Morgan fingerprint density at radius 3 is 2.71 bits per heavy atom. The van der Waals surface area contributed by atoms with Crippen molar-refractivity contribution < 1.29 is 13.2 Å². The SMILES string of the molecule is CCN[C@H](C)CNC(=O)CS(=O)(=O)Cc1cccc(Br)c1. The molecule has 0 radical (unpaired) electrons. The molecule has 1 aromatic rings. The number of hydrogen-bond acceptors (Lipinski definition) is 4. The molecule has 2 N–H and O–H groups in total. The highest BCUT2D eigenvalue weighted by atomic mass is 79.9. The zero-order chi connectivity index (χ0) is 15.9. The van der Waals surface area contributed by atoms with E-state index < -0.39 is 21.5 Å². The second-order valence-corrected chi connectivity index (χ2v) is 7.91. The maximum absolute atomic E-state index is 12.0. The first-order chi connectivity index (χ1) is 9.82. The van der Waals surface area contributed by atoms with Crippen LogP contribution in [0.2, 0.25) is 0 Å². The van der Waals surface area contributed by atoms with E-state index in [9.17, 15) is 13.2 Å². The van der Waals surface area contributed by atoms with Gasteiger partial charge in [-0.25, -0.2) is 8.42 Å². The monoisotopic (exact) mass is 376 g/mol. The average molecular weight is 377 g/mol. The van der Waals surface area contributed by atoms with Crippen LogP contribution in [-0.4, -0.2) is 39.2 Å². The Hall–Kier alpha value is -0.920. The van der Waals surface area contributed by atoms with Gasteiger partial charge in [0.15, 0.2) is 9.84 Å². The zero-order valence-electron chi connectivity index (χ0n) is 12.2. The van der Waals surface area contributed by atoms with Crippen LogP contribution >= 0.6 is 15.9 Å². The number of rotatable bonds is 8. The highest BCUT2D eigenvalue weighted by molar-refractivity contribution is 9.10. The van der Waals surface area contributed by atoms with Crippen molar-refractivity contribution in [3.05, 3.63) is 34.3 Å². The Kier molecular flexibility index (Phi) is 7.34. The highest BCUT2D eigenvalue weighted by Crippen LogP contribution is 2.14. The molecule has 118 valence electrons. The Labute approximate surface area is 134 Å². The summed E-state index contributed by atoms with van der Waals surface area (Å²) in [7, 11) is -3.46. The van der Waals surface area contributed by atoms with E-state index in [2.05, 4.69) is 26.6 Å². The summed E-state index contributed by atoms with van der Waals surface area (Å²) in [5, 5.41) is 5.77. The molecule has 0 saturated heterocycles. The molecule has 1 atom stereocenters. The van der Waals surface area contributed by atoms with Crippen molar-refractivity contribution in [2.75, 3.05) is 18.8 Å². The molecular weight excluding hydrogens is 356 g/mol. The molecule has 1 rings (SSSR count). The van der Waals surface area contributed by atoms with Crippen LogP contribution in [0.4, 0.5) is 0 Å². The minimum absolute atomic E-state index is 0.117. The summed E-state index contributed by atoms with van der Waals surface area (Å²) >= 11 is 3.29. The third-order valence-electron chi connectivity index (χ3n) is 2.78. The first-order valence-electron chi connectivity index (χ1n) is 6.77. The molecule has 7 heteroatoms. The van der Waals surface area contributed by atoms with Gasteiger partial charge in [0.2, 0.25) is 5.91 Å². The molecule has 1 amide bonds. The van der Waals surface area contributed by atoms with Gasteiger partial charge >= 0.3 is 0 Å². The van der Waals surface area contributed by atoms with Crippen molar-refractivity contribution in [3.63, 3.8) is 0 Å². The van der Waals surface area contributed by atoms with Crippen LogP contribution in [0.15, 0.2) is 28.7 Å². The van der Waals surface area contributed by atoms with Gasteiger partial charge in [-0.3, -0.25) is 4.79 Å². The van der Waals surface area contributed by atoms with Gasteiger partial charge < -0.3 is 10.6 Å². The number of halogens is 1. The van der Waals surface area contributed by atoms with Crippen molar-refractivity contribution in [2.45, 2.75) is 25.6 Å². The van der Waals surface area contributed by atoms with E-state index in [1.165, 1.54) is 0 Å². The molecule has 21 heavy (non-hydrogen) atoms. The van der Waals surface area contributed by atoms with E-state index in [0.29, 0.717) is 12.1 Å². The van der Waals surface area contributed by atoms with Crippen LogP contribution in [0.25, 0.3) is 0 Å². The topological polar surface area (TPSA) is 75.3 Å². The number of amides is 1. The van der Waals surface area contributed by atoms with Gasteiger partial charge in [0.1, 0.15) is 5.75 Å². The van der Waals surface area contributed by atoms with Crippen molar-refractivity contribution in [2.24, 2.45) is 0 Å². The molecule has 0 aliphatic heterocycles. The van der Waals surface area contributed by atoms with Gasteiger partial charge in [-0.1, -0.05) is 35.0 Å². The first-order valence-corrected chi connectivity index (χ1v) is 9.39. The number of sulfone groups is 1. The smallest absolute Gasteiger partial charge is 0.235 e. The van der Waals surface area contributed by atoms with Crippen LogP contribution in [0, 0.1) is 0 Å². The molecule has 0 unspecified atom stereocenters. The predicted molar refractivity (Wildman–Crippen MR) is 87.8 cm³/mol. The minimum atomic E-state index is -3.46. The van der Waals surface area contributed by atoms with Gasteiger partial charge in [-0.05, 0) is 31.2 Å². The van der Waals surface area contributed by atoms with Gasteiger partial charge in [0.25, 0.3) is 0 Å². The van der Waals surface area contributed by atoms with E-state index in [1.807, 2.05) is 19.9 Å². The average Bonchev–Trinajstić information content (AvgIpc) is 2.35. The number of benzene rings is 1. The minimum Gasteiger partial charge on any atom is -0.354 e. The zero-order valence-corrected chi connectivity index (χ0v) is 14.6. The Bertz CT molecular complexity index is 575. The lowest BCUT2D eigenvalue weighted by molar-refractivity contribution is -0.118. The molecule has 1 aromatic carbocycles. The van der Waals surface area contributed by atoms with E-state index in [4.69, 9.17) is 0 Å². The summed E-state index contributed by atoms with van der Waals surface area (Å²) in [5.74, 6) is -1.09. The molecule has 5 nitrogen and oxygen atoms in total. The van der Waals surface area contributed by atoms with Crippen molar-refractivity contribution in [3.8, 4) is 0 Å². The van der Waals surface area contributed by atoms with E-state index in [-0.39, 0.29) is 11.8 Å². The Morgan fingerprint density at radius 1 is 1.38 bits per heavy atom. The van der Waals surface area contributed by atoms with Crippen LogP contribution in [0.3, 0.4) is 0 Å². The molecule has 0 spiro atoms. The number of nitrogens with one attached hydrogen (secondary N) is 2. The molecular formula is C14H21BrN2O3S. The van der Waals surface area contributed by atoms with E-state index >= 15 is 0 Å². The first kappa shape index (κ1) is 18.1. The fourth-order valence-electron chi connectivity index (χ4n) is 1.87. The largest absolute Gasteiger partial charge is 0.354 e. The quantitative estimate of drug-likeness (QED) is 0.720. The van der Waals surface area contributed by atoms with Crippen LogP contribution in [0.5, 0.6) is 0 Å². The molecule has 0 saturated carbocycles. The summed E-state index contributed by atoms with van der Waals surface area (Å²) in [6, 6.07) is 7.18. The molecule has 0 bridgehead atoms. The Balaban J connectivity index is 2.50. The molecule has 0 fully saturated rings. The lowest BCUT2D eigenvalue weighted by Gasteiger charge is -2.13. The van der Waals surface area contributed by atoms with Crippen LogP contribution in [0.1, 0.15) is 19.4 Å². The van der Waals surface area contributed by atoms with Crippen molar-refractivity contribution in [1.29, 1.82) is 0 Å². The lowest BCUT2D eigenvalue weighted by Crippen LogP contribution is -2.41. The van der Waals surface area contributed by atoms with Crippen LogP contribution < -0.4 is 10.6 Å². The van der Waals surface area contributed by atoms with Gasteiger partial charge in [0, 0.05) is 17.1 Å². The van der Waals surface area contributed by atoms with Crippen molar-refractivity contribution >= 4 is 31.7 Å². The van der Waals surface area contributed by atoms with Crippen molar-refractivity contribution in [1.82, 2.24) is 10.6 Å². The fourth-order valence-corrected chi connectivity index (χ4v) is 3.61. The summed E-state index contributed by atoms with van der Waals surface area (Å²) in [5.41, 5.74) is 0.665. The highest BCUT2D eigenvalue weighted by Gasteiger charge is 2.17. The van der Waals surface area contributed by atoms with Gasteiger partial charge in [-0.2, -0.15) is 0 Å².